The summed E-state index contributed by atoms with van der Waals surface area (Å²) in [5.41, 5.74) is 3.51. The molecule has 0 radical (unpaired) electrons. The first-order chi connectivity index (χ1) is 11.7. The van der Waals surface area contributed by atoms with Crippen LogP contribution in [0.3, 0.4) is 0 Å². The fourth-order valence-corrected chi connectivity index (χ4v) is 3.33. The maximum atomic E-state index is 12.5. The third kappa shape index (κ3) is 3.53. The monoisotopic (exact) mass is 325 g/mol. The van der Waals surface area contributed by atoms with Crippen LogP contribution in [-0.2, 0) is 17.6 Å². The highest BCUT2D eigenvalue weighted by atomic mass is 16.5. The van der Waals surface area contributed by atoms with Crippen molar-refractivity contribution in [1.29, 1.82) is 0 Å². The van der Waals surface area contributed by atoms with Gasteiger partial charge in [-0.1, -0.05) is 30.3 Å². The maximum Gasteiger partial charge on any atom is 0.224 e. The molecule has 3 rings (SSSR count). The molecule has 1 aliphatic carbocycles. The first-order valence-corrected chi connectivity index (χ1v) is 8.29. The molecular weight excluding hydrogens is 302 g/mol. The Morgan fingerprint density at radius 3 is 2.71 bits per heavy atom. The fourth-order valence-electron chi connectivity index (χ4n) is 3.33. The van der Waals surface area contributed by atoms with Crippen molar-refractivity contribution in [3.8, 4) is 11.5 Å². The van der Waals surface area contributed by atoms with E-state index >= 15 is 0 Å². The number of fused-ring (bicyclic) bond motifs is 1. The summed E-state index contributed by atoms with van der Waals surface area (Å²) in [5.74, 6) is 1.35. The van der Waals surface area contributed by atoms with Crippen LogP contribution in [0.2, 0.25) is 0 Å². The number of rotatable bonds is 5. The Bertz CT molecular complexity index is 727. The molecule has 2 aromatic carbocycles. The van der Waals surface area contributed by atoms with Gasteiger partial charge in [0.05, 0.1) is 26.7 Å². The molecule has 0 saturated carbocycles. The van der Waals surface area contributed by atoms with Gasteiger partial charge in [-0.25, -0.2) is 0 Å². The Morgan fingerprint density at radius 1 is 1.12 bits per heavy atom. The van der Waals surface area contributed by atoms with Crippen LogP contribution in [0.25, 0.3) is 0 Å². The summed E-state index contributed by atoms with van der Waals surface area (Å²) in [6, 6.07) is 14.1. The minimum atomic E-state index is 0.0314. The lowest BCUT2D eigenvalue weighted by molar-refractivity contribution is -0.121. The quantitative estimate of drug-likeness (QED) is 0.916. The SMILES string of the molecule is COc1ccc(CC(=O)N[C@H]2CCCc3ccccc32)cc1OC. The van der Waals surface area contributed by atoms with Crippen molar-refractivity contribution in [3.05, 3.63) is 59.2 Å². The molecule has 1 atom stereocenters. The van der Waals surface area contributed by atoms with Crippen molar-refractivity contribution in [2.45, 2.75) is 31.7 Å². The van der Waals surface area contributed by atoms with Crippen LogP contribution in [0.4, 0.5) is 0 Å². The highest BCUT2D eigenvalue weighted by molar-refractivity contribution is 5.79. The van der Waals surface area contributed by atoms with Crippen LogP contribution in [-0.4, -0.2) is 20.1 Å². The lowest BCUT2D eigenvalue weighted by Crippen LogP contribution is -2.32. The molecule has 1 aliphatic rings. The predicted molar refractivity (Wildman–Crippen MR) is 93.5 cm³/mol. The van der Waals surface area contributed by atoms with E-state index in [1.54, 1.807) is 14.2 Å². The van der Waals surface area contributed by atoms with Gasteiger partial charge < -0.3 is 14.8 Å². The van der Waals surface area contributed by atoms with Crippen molar-refractivity contribution in [2.75, 3.05) is 14.2 Å². The molecule has 4 nitrogen and oxygen atoms in total. The van der Waals surface area contributed by atoms with Gasteiger partial charge in [-0.05, 0) is 48.1 Å². The average molecular weight is 325 g/mol. The van der Waals surface area contributed by atoms with Crippen LogP contribution in [0.5, 0.6) is 11.5 Å². The van der Waals surface area contributed by atoms with Gasteiger partial charge in [-0.2, -0.15) is 0 Å². The number of ether oxygens (including phenoxy) is 2. The highest BCUT2D eigenvalue weighted by Crippen LogP contribution is 2.30. The molecule has 0 aromatic heterocycles. The van der Waals surface area contributed by atoms with Gasteiger partial charge in [0, 0.05) is 0 Å². The summed E-state index contributed by atoms with van der Waals surface area (Å²) in [7, 11) is 3.20. The molecule has 126 valence electrons. The number of carbonyl (C=O) groups excluding carboxylic acids is 1. The normalized spacial score (nSPS) is 16.2. The van der Waals surface area contributed by atoms with Gasteiger partial charge in [-0.15, -0.1) is 0 Å². The van der Waals surface area contributed by atoms with Gasteiger partial charge in [-0.3, -0.25) is 4.79 Å². The number of carbonyl (C=O) groups is 1. The number of amides is 1. The molecule has 1 N–H and O–H groups in total. The Hall–Kier alpha value is -2.49. The molecule has 0 spiro atoms. The number of hydrogen-bond acceptors (Lipinski definition) is 3. The zero-order valence-corrected chi connectivity index (χ0v) is 14.2. The van der Waals surface area contributed by atoms with Crippen LogP contribution >= 0.6 is 0 Å². The molecule has 0 aliphatic heterocycles. The summed E-state index contributed by atoms with van der Waals surface area (Å²) < 4.78 is 10.5. The van der Waals surface area contributed by atoms with E-state index in [2.05, 4.69) is 23.5 Å². The van der Waals surface area contributed by atoms with Gasteiger partial charge in [0.2, 0.25) is 5.91 Å². The molecule has 0 bridgehead atoms. The standard InChI is InChI=1S/C20H23NO3/c1-23-18-11-10-14(12-19(18)24-2)13-20(22)21-17-9-5-7-15-6-3-4-8-16(15)17/h3-4,6,8,10-12,17H,5,7,9,13H2,1-2H3,(H,21,22)/t17-/m0/s1. The highest BCUT2D eigenvalue weighted by Gasteiger charge is 2.21. The second-order valence-corrected chi connectivity index (χ2v) is 6.08. The summed E-state index contributed by atoms with van der Waals surface area (Å²) in [6.45, 7) is 0. The Kier molecular flexibility index (Phi) is 5.04. The minimum absolute atomic E-state index is 0.0314. The number of hydrogen-bond donors (Lipinski definition) is 1. The van der Waals surface area contributed by atoms with Crippen LogP contribution < -0.4 is 14.8 Å². The molecule has 0 saturated heterocycles. The van der Waals surface area contributed by atoms with Gasteiger partial charge >= 0.3 is 0 Å². The van der Waals surface area contributed by atoms with Crippen molar-refractivity contribution in [2.24, 2.45) is 0 Å². The molecule has 0 heterocycles. The van der Waals surface area contributed by atoms with E-state index in [1.807, 2.05) is 24.3 Å². The zero-order chi connectivity index (χ0) is 16.9. The topological polar surface area (TPSA) is 47.6 Å². The Labute approximate surface area is 142 Å². The number of aryl methyl sites for hydroxylation is 1. The van der Waals surface area contributed by atoms with Crippen molar-refractivity contribution >= 4 is 5.91 Å². The molecular formula is C20H23NO3. The zero-order valence-electron chi connectivity index (χ0n) is 14.2. The summed E-state index contributed by atoms with van der Waals surface area (Å²) in [6.07, 6.45) is 3.53. The van der Waals surface area contributed by atoms with Crippen LogP contribution in [0.15, 0.2) is 42.5 Å². The van der Waals surface area contributed by atoms with Crippen molar-refractivity contribution in [3.63, 3.8) is 0 Å². The second-order valence-electron chi connectivity index (χ2n) is 6.08. The van der Waals surface area contributed by atoms with Gasteiger partial charge in [0.25, 0.3) is 0 Å². The molecule has 4 heteroatoms. The molecule has 1 amide bonds. The number of methoxy groups -OCH3 is 2. The van der Waals surface area contributed by atoms with E-state index in [-0.39, 0.29) is 11.9 Å². The molecule has 0 fully saturated rings. The average Bonchev–Trinajstić information content (AvgIpc) is 2.62. The molecule has 0 unspecified atom stereocenters. The van der Waals surface area contributed by atoms with Gasteiger partial charge in [0.15, 0.2) is 11.5 Å². The number of benzene rings is 2. The van der Waals surface area contributed by atoms with E-state index in [9.17, 15) is 4.79 Å². The third-order valence-corrected chi connectivity index (χ3v) is 4.52. The van der Waals surface area contributed by atoms with E-state index in [1.165, 1.54) is 11.1 Å². The minimum Gasteiger partial charge on any atom is -0.493 e. The second kappa shape index (κ2) is 7.39. The molecule has 24 heavy (non-hydrogen) atoms. The van der Waals surface area contributed by atoms with Crippen LogP contribution in [0, 0.1) is 0 Å². The van der Waals surface area contributed by atoms with Crippen LogP contribution in [0.1, 0.15) is 35.6 Å². The fraction of sp³-hybridized carbons (Fsp3) is 0.350. The van der Waals surface area contributed by atoms with E-state index in [0.29, 0.717) is 17.9 Å². The van der Waals surface area contributed by atoms with E-state index in [0.717, 1.165) is 24.8 Å². The molecule has 2 aromatic rings. The first kappa shape index (κ1) is 16.4. The largest absolute Gasteiger partial charge is 0.493 e. The lowest BCUT2D eigenvalue weighted by Gasteiger charge is -2.26. The van der Waals surface area contributed by atoms with E-state index < -0.39 is 0 Å². The Morgan fingerprint density at radius 2 is 1.92 bits per heavy atom. The Balaban J connectivity index is 1.69. The smallest absolute Gasteiger partial charge is 0.224 e. The van der Waals surface area contributed by atoms with Gasteiger partial charge in [0.1, 0.15) is 0 Å². The lowest BCUT2D eigenvalue weighted by atomic mass is 9.87. The van der Waals surface area contributed by atoms with E-state index in [4.69, 9.17) is 9.47 Å². The third-order valence-electron chi connectivity index (χ3n) is 4.52. The maximum absolute atomic E-state index is 12.5. The van der Waals surface area contributed by atoms with Crippen molar-refractivity contribution in [1.82, 2.24) is 5.32 Å². The summed E-state index contributed by atoms with van der Waals surface area (Å²) in [4.78, 5) is 12.5. The summed E-state index contributed by atoms with van der Waals surface area (Å²) in [5, 5.41) is 3.18. The first-order valence-electron chi connectivity index (χ1n) is 8.29. The number of nitrogens with one attached hydrogen (secondary N) is 1. The predicted octanol–water partition coefficient (Wildman–Crippen LogP) is 3.44. The summed E-state index contributed by atoms with van der Waals surface area (Å²) >= 11 is 0. The van der Waals surface area contributed by atoms with Crippen molar-refractivity contribution < 1.29 is 14.3 Å².